The fourth-order valence-corrected chi connectivity index (χ4v) is 8.07. The Morgan fingerprint density at radius 1 is 1.00 bits per heavy atom. The molecule has 3 heterocycles. The third-order valence-electron chi connectivity index (χ3n) is 8.87. The van der Waals surface area contributed by atoms with E-state index in [4.69, 9.17) is 17.2 Å². The first kappa shape index (κ1) is 29.5. The van der Waals surface area contributed by atoms with Crippen molar-refractivity contribution in [3.63, 3.8) is 0 Å². The lowest BCUT2D eigenvalue weighted by Gasteiger charge is -2.39. The number of thioether (sulfide) groups is 1. The van der Waals surface area contributed by atoms with Crippen molar-refractivity contribution < 1.29 is 19.2 Å². The van der Waals surface area contributed by atoms with Gasteiger partial charge in [0, 0.05) is 37.2 Å². The molecule has 1 saturated carbocycles. The van der Waals surface area contributed by atoms with Crippen molar-refractivity contribution in [2.45, 2.75) is 94.5 Å². The van der Waals surface area contributed by atoms with E-state index in [1.54, 1.807) is 16.7 Å². The van der Waals surface area contributed by atoms with Crippen molar-refractivity contribution in [1.29, 1.82) is 0 Å². The first-order valence-electron chi connectivity index (χ1n) is 14.6. The number of aliphatic imine (C=N–C) groups is 1. The van der Waals surface area contributed by atoms with Crippen molar-refractivity contribution in [3.05, 3.63) is 0 Å². The maximum absolute atomic E-state index is 13.6. The van der Waals surface area contributed by atoms with Crippen LogP contribution < -0.4 is 22.5 Å². The van der Waals surface area contributed by atoms with E-state index < -0.39 is 12.1 Å². The minimum atomic E-state index is -0.751. The van der Waals surface area contributed by atoms with E-state index in [9.17, 15) is 19.2 Å². The fraction of sp³-hybridized carbons (Fsp3) is 0.815. The summed E-state index contributed by atoms with van der Waals surface area (Å²) < 4.78 is 0. The Kier molecular flexibility index (Phi) is 10.4. The number of carbonyl (C=O) groups excluding carboxylic acids is 4. The zero-order chi connectivity index (χ0) is 27.9. The van der Waals surface area contributed by atoms with Gasteiger partial charge in [0.2, 0.25) is 23.6 Å². The molecule has 4 aliphatic rings. The molecule has 1 unspecified atom stereocenters. The van der Waals surface area contributed by atoms with Crippen molar-refractivity contribution in [2.75, 3.05) is 25.4 Å². The first-order chi connectivity index (χ1) is 18.7. The zero-order valence-electron chi connectivity index (χ0n) is 22.9. The van der Waals surface area contributed by atoms with Crippen LogP contribution in [0.2, 0.25) is 0 Å². The molecule has 4 fully saturated rings. The van der Waals surface area contributed by atoms with Crippen molar-refractivity contribution in [2.24, 2.45) is 39.9 Å². The average molecular weight is 564 g/mol. The molecule has 0 bridgehead atoms. The molecule has 0 aromatic heterocycles. The number of nitrogens with zero attached hydrogens (tertiary/aromatic N) is 3. The molecule has 4 rings (SSSR count). The number of nitrogens with one attached hydrogen (secondary N) is 1. The van der Waals surface area contributed by atoms with Gasteiger partial charge >= 0.3 is 0 Å². The number of rotatable bonds is 10. The number of nitrogens with two attached hydrogens (primary N) is 3. The van der Waals surface area contributed by atoms with E-state index in [2.05, 4.69) is 10.3 Å². The second-order valence-electron chi connectivity index (χ2n) is 11.6. The topological polar surface area (TPSA) is 177 Å². The van der Waals surface area contributed by atoms with Gasteiger partial charge in [-0.2, -0.15) is 0 Å². The van der Waals surface area contributed by atoms with Crippen molar-refractivity contribution in [3.8, 4) is 0 Å². The van der Waals surface area contributed by atoms with E-state index >= 15 is 0 Å². The number of guanidine groups is 1. The standard InChI is InChI=1S/C27H45N7O4S/c28-23(35)18-10-13-33(14-11-18)26(38)20(7-4-12-31-27(29)30)32-24(36)21-16-39-22-9-8-19(25(37)34(21)22)15-17-5-2-1-3-6-17/h17-22H,1-16H2,(H2,28,35)(H,32,36)(H4,29,30,31)/t19-,20-,21-,22?/m0/s1. The largest absolute Gasteiger partial charge is 0.370 e. The Balaban J connectivity index is 1.40. The number of hydrogen-bond acceptors (Lipinski definition) is 6. The normalized spacial score (nSPS) is 27.1. The molecule has 3 saturated heterocycles. The van der Waals surface area contributed by atoms with E-state index in [1.807, 2.05) is 4.90 Å². The minimum Gasteiger partial charge on any atom is -0.370 e. The lowest BCUT2D eigenvalue weighted by atomic mass is 9.80. The molecule has 0 radical (unpaired) electrons. The summed E-state index contributed by atoms with van der Waals surface area (Å²) in [5.41, 5.74) is 16.3. The summed E-state index contributed by atoms with van der Waals surface area (Å²) >= 11 is 1.67. The van der Waals surface area contributed by atoms with Crippen molar-refractivity contribution in [1.82, 2.24) is 15.1 Å². The average Bonchev–Trinajstić information content (AvgIpc) is 3.37. The molecule has 11 nitrogen and oxygen atoms in total. The van der Waals surface area contributed by atoms with Gasteiger partial charge in [-0.15, -0.1) is 11.8 Å². The number of carbonyl (C=O) groups is 4. The molecule has 7 N–H and O–H groups in total. The maximum Gasteiger partial charge on any atom is 0.245 e. The van der Waals surface area contributed by atoms with E-state index in [0.29, 0.717) is 57.0 Å². The summed E-state index contributed by atoms with van der Waals surface area (Å²) in [5.74, 6) is 0.189. The number of hydrogen-bond donors (Lipinski definition) is 4. The van der Waals surface area contributed by atoms with Crippen LogP contribution in [0.15, 0.2) is 4.99 Å². The predicted octanol–water partition coefficient (Wildman–Crippen LogP) is 0.899. The van der Waals surface area contributed by atoms with Crippen LogP contribution in [0, 0.1) is 17.8 Å². The van der Waals surface area contributed by atoms with Crippen LogP contribution in [-0.2, 0) is 19.2 Å². The highest BCUT2D eigenvalue weighted by atomic mass is 32.2. The molecule has 4 amide bonds. The van der Waals surface area contributed by atoms with Gasteiger partial charge in [0.05, 0.1) is 5.37 Å². The summed E-state index contributed by atoms with van der Waals surface area (Å²) in [6.07, 6.45) is 10.8. The van der Waals surface area contributed by atoms with Crippen LogP contribution in [-0.4, -0.2) is 82.2 Å². The number of fused-ring (bicyclic) bond motifs is 1. The number of piperidine rings is 2. The Morgan fingerprint density at radius 2 is 1.72 bits per heavy atom. The van der Waals surface area contributed by atoms with E-state index in [-0.39, 0.29) is 46.8 Å². The number of primary amides is 1. The molecule has 1 aliphatic carbocycles. The van der Waals surface area contributed by atoms with Crippen molar-refractivity contribution >= 4 is 41.4 Å². The Bertz CT molecular complexity index is 929. The van der Waals surface area contributed by atoms with Gasteiger partial charge in [0.15, 0.2) is 5.96 Å². The molecule has 4 atom stereocenters. The minimum absolute atomic E-state index is 0.0121. The van der Waals surface area contributed by atoms with E-state index in [1.165, 1.54) is 32.1 Å². The van der Waals surface area contributed by atoms with Gasteiger partial charge in [-0.25, -0.2) is 0 Å². The molecule has 39 heavy (non-hydrogen) atoms. The Labute approximate surface area is 235 Å². The van der Waals surface area contributed by atoms with Crippen LogP contribution in [0.25, 0.3) is 0 Å². The molecular formula is C27H45N7O4S. The van der Waals surface area contributed by atoms with Gasteiger partial charge in [0.25, 0.3) is 0 Å². The first-order valence-corrected chi connectivity index (χ1v) is 15.7. The van der Waals surface area contributed by atoms with Crippen LogP contribution in [0.4, 0.5) is 0 Å². The molecule has 218 valence electrons. The summed E-state index contributed by atoms with van der Waals surface area (Å²) in [6, 6.07) is -1.32. The van der Waals surface area contributed by atoms with E-state index in [0.717, 1.165) is 19.3 Å². The third-order valence-corrected chi connectivity index (χ3v) is 10.2. The molecule has 3 aliphatic heterocycles. The Hall–Kier alpha value is -2.50. The second kappa shape index (κ2) is 13.7. The maximum atomic E-state index is 13.6. The zero-order valence-corrected chi connectivity index (χ0v) is 23.7. The Morgan fingerprint density at radius 3 is 2.38 bits per heavy atom. The van der Waals surface area contributed by atoms with Crippen LogP contribution in [0.3, 0.4) is 0 Å². The third kappa shape index (κ3) is 7.58. The van der Waals surface area contributed by atoms with Gasteiger partial charge in [-0.1, -0.05) is 32.1 Å². The molecule has 0 aromatic carbocycles. The quantitative estimate of drug-likeness (QED) is 0.173. The summed E-state index contributed by atoms with van der Waals surface area (Å²) in [6.45, 7) is 1.18. The van der Waals surface area contributed by atoms with Gasteiger partial charge < -0.3 is 32.3 Å². The number of amides is 4. The van der Waals surface area contributed by atoms with Gasteiger partial charge in [0.1, 0.15) is 12.1 Å². The molecule has 12 heteroatoms. The highest BCUT2D eigenvalue weighted by Crippen LogP contribution is 2.41. The smallest absolute Gasteiger partial charge is 0.245 e. The van der Waals surface area contributed by atoms with Crippen LogP contribution in [0.1, 0.15) is 77.0 Å². The number of likely N-dealkylation sites (tertiary alicyclic amines) is 1. The molecule has 0 spiro atoms. The lowest BCUT2D eigenvalue weighted by molar-refractivity contribution is -0.147. The monoisotopic (exact) mass is 563 g/mol. The SMILES string of the molecule is NC(=O)C1CCN(C(=O)[C@H](CCCN=C(N)N)NC(=O)[C@@H]2CSC3CC[C@@H](CC4CCCCC4)C(=O)N32)CC1. The summed E-state index contributed by atoms with van der Waals surface area (Å²) in [5, 5.41) is 3.02. The second-order valence-corrected chi connectivity index (χ2v) is 12.8. The van der Waals surface area contributed by atoms with Crippen LogP contribution in [0.5, 0.6) is 0 Å². The lowest BCUT2D eigenvalue weighted by Crippen LogP contribution is -2.58. The van der Waals surface area contributed by atoms with Gasteiger partial charge in [-0.3, -0.25) is 24.2 Å². The highest BCUT2D eigenvalue weighted by molar-refractivity contribution is 8.00. The van der Waals surface area contributed by atoms with Crippen LogP contribution >= 0.6 is 11.8 Å². The summed E-state index contributed by atoms with van der Waals surface area (Å²) in [7, 11) is 0. The van der Waals surface area contributed by atoms with Gasteiger partial charge in [-0.05, 0) is 50.9 Å². The predicted molar refractivity (Wildman–Crippen MR) is 151 cm³/mol. The highest BCUT2D eigenvalue weighted by Gasteiger charge is 2.47. The molecule has 0 aromatic rings. The molecular weight excluding hydrogens is 518 g/mol. The fourth-order valence-electron chi connectivity index (χ4n) is 6.64. The summed E-state index contributed by atoms with van der Waals surface area (Å²) in [4.78, 5) is 59.8.